The molecule has 0 saturated heterocycles. The van der Waals surface area contributed by atoms with E-state index in [0.29, 0.717) is 33.9 Å². The Balaban J connectivity index is 1.68. The predicted molar refractivity (Wildman–Crippen MR) is 145 cm³/mol. The van der Waals surface area contributed by atoms with Gasteiger partial charge >= 0.3 is 0 Å². The van der Waals surface area contributed by atoms with Gasteiger partial charge in [0.15, 0.2) is 11.5 Å². The number of carbonyl (C=O) groups excluding carboxylic acids is 2. The predicted octanol–water partition coefficient (Wildman–Crippen LogP) is 4.87. The van der Waals surface area contributed by atoms with Gasteiger partial charge in [-0.25, -0.2) is 4.39 Å². The van der Waals surface area contributed by atoms with Gasteiger partial charge in [0.2, 0.25) is 11.8 Å². The maximum atomic E-state index is 13.9. The lowest BCUT2D eigenvalue weighted by Gasteiger charge is -2.32. The van der Waals surface area contributed by atoms with E-state index >= 15 is 0 Å². The molecule has 4 aromatic rings. The molecule has 0 radical (unpaired) electrons. The van der Waals surface area contributed by atoms with Crippen molar-refractivity contribution in [1.82, 2.24) is 15.2 Å². The first-order chi connectivity index (χ1) is 19.0. The van der Waals surface area contributed by atoms with Crippen LogP contribution in [0.3, 0.4) is 0 Å². The van der Waals surface area contributed by atoms with E-state index in [-0.39, 0.29) is 37.1 Å². The first kappa shape index (κ1) is 27.3. The summed E-state index contributed by atoms with van der Waals surface area (Å²) in [7, 11) is 3.07. The number of ether oxygens (including phenoxy) is 2. The van der Waals surface area contributed by atoms with E-state index in [9.17, 15) is 14.0 Å². The number of amides is 2. The molecule has 39 heavy (non-hydrogen) atoms. The highest BCUT2D eigenvalue weighted by molar-refractivity contribution is 5.89. The molecule has 0 unspecified atom stereocenters. The third kappa shape index (κ3) is 7.19. The Labute approximate surface area is 227 Å². The normalized spacial score (nSPS) is 11.4. The number of rotatable bonds is 11. The van der Waals surface area contributed by atoms with Crippen LogP contribution in [0.4, 0.5) is 4.39 Å². The smallest absolute Gasteiger partial charge is 0.247 e. The van der Waals surface area contributed by atoms with Gasteiger partial charge < -0.3 is 19.7 Å². The lowest BCUT2D eigenvalue weighted by molar-refractivity contribution is -0.141. The van der Waals surface area contributed by atoms with Gasteiger partial charge in [-0.15, -0.1) is 0 Å². The SMILES string of the molecule is COc1ccc(CC(=O)N(Cc2ccc(F)cc2)[C@@H](C(=O)NCc2ccccn2)c2ccccc2)cc1OC. The molecule has 2 amide bonds. The zero-order chi connectivity index (χ0) is 27.6. The largest absolute Gasteiger partial charge is 0.493 e. The Bertz CT molecular complexity index is 1380. The van der Waals surface area contributed by atoms with Crippen molar-refractivity contribution in [3.05, 3.63) is 125 Å². The molecule has 1 aromatic heterocycles. The van der Waals surface area contributed by atoms with E-state index in [1.807, 2.05) is 42.5 Å². The van der Waals surface area contributed by atoms with Crippen LogP contribution in [-0.2, 0) is 29.1 Å². The molecule has 1 atom stereocenters. The molecule has 7 nitrogen and oxygen atoms in total. The molecule has 1 N–H and O–H groups in total. The molecular weight excluding hydrogens is 497 g/mol. The van der Waals surface area contributed by atoms with Crippen molar-refractivity contribution in [2.45, 2.75) is 25.6 Å². The molecule has 200 valence electrons. The zero-order valence-electron chi connectivity index (χ0n) is 21.8. The number of methoxy groups -OCH3 is 2. The van der Waals surface area contributed by atoms with Crippen molar-refractivity contribution >= 4 is 11.8 Å². The molecule has 3 aromatic carbocycles. The number of carbonyl (C=O) groups is 2. The Morgan fingerprint density at radius 1 is 0.872 bits per heavy atom. The first-order valence-electron chi connectivity index (χ1n) is 12.5. The number of halogens is 1. The number of aromatic nitrogens is 1. The summed E-state index contributed by atoms with van der Waals surface area (Å²) < 4.78 is 24.4. The number of pyridine rings is 1. The summed E-state index contributed by atoms with van der Waals surface area (Å²) in [6.45, 7) is 0.306. The van der Waals surface area contributed by atoms with Gasteiger partial charge in [0.25, 0.3) is 0 Å². The third-order valence-electron chi connectivity index (χ3n) is 6.24. The monoisotopic (exact) mass is 527 g/mol. The number of nitrogens with one attached hydrogen (secondary N) is 1. The number of hydrogen-bond donors (Lipinski definition) is 1. The molecule has 0 aliphatic carbocycles. The third-order valence-corrected chi connectivity index (χ3v) is 6.24. The highest BCUT2D eigenvalue weighted by atomic mass is 19.1. The van der Waals surface area contributed by atoms with Gasteiger partial charge in [-0.2, -0.15) is 0 Å². The molecule has 0 aliphatic heterocycles. The highest BCUT2D eigenvalue weighted by Crippen LogP contribution is 2.29. The minimum Gasteiger partial charge on any atom is -0.493 e. The Morgan fingerprint density at radius 2 is 1.56 bits per heavy atom. The summed E-state index contributed by atoms with van der Waals surface area (Å²) in [6.07, 6.45) is 1.67. The Kier molecular flexibility index (Phi) is 9.24. The van der Waals surface area contributed by atoms with Crippen LogP contribution in [0.15, 0.2) is 97.2 Å². The lowest BCUT2D eigenvalue weighted by atomic mass is 10.0. The maximum Gasteiger partial charge on any atom is 0.247 e. The number of benzene rings is 3. The van der Waals surface area contributed by atoms with Crippen molar-refractivity contribution in [3.63, 3.8) is 0 Å². The number of hydrogen-bond acceptors (Lipinski definition) is 5. The van der Waals surface area contributed by atoms with Crippen molar-refractivity contribution in [2.24, 2.45) is 0 Å². The maximum absolute atomic E-state index is 13.9. The summed E-state index contributed by atoms with van der Waals surface area (Å²) in [6, 6.07) is 24.8. The fourth-order valence-electron chi connectivity index (χ4n) is 4.26. The van der Waals surface area contributed by atoms with Crippen LogP contribution < -0.4 is 14.8 Å². The quantitative estimate of drug-likeness (QED) is 0.301. The van der Waals surface area contributed by atoms with Crippen molar-refractivity contribution < 1.29 is 23.5 Å². The van der Waals surface area contributed by atoms with Crippen LogP contribution in [-0.4, -0.2) is 35.9 Å². The Morgan fingerprint density at radius 3 is 2.23 bits per heavy atom. The van der Waals surface area contributed by atoms with E-state index in [0.717, 1.165) is 0 Å². The summed E-state index contributed by atoms with van der Waals surface area (Å²) in [5, 5.41) is 2.93. The summed E-state index contributed by atoms with van der Waals surface area (Å²) in [5.74, 6) is 0.0335. The molecule has 0 spiro atoms. The van der Waals surface area contributed by atoms with Crippen molar-refractivity contribution in [2.75, 3.05) is 14.2 Å². The van der Waals surface area contributed by atoms with Crippen molar-refractivity contribution in [3.8, 4) is 11.5 Å². The molecule has 1 heterocycles. The molecule has 0 aliphatic rings. The lowest BCUT2D eigenvalue weighted by Crippen LogP contribution is -2.44. The zero-order valence-corrected chi connectivity index (χ0v) is 21.8. The van der Waals surface area contributed by atoms with E-state index in [1.54, 1.807) is 49.7 Å². The van der Waals surface area contributed by atoms with Gasteiger partial charge in [0.1, 0.15) is 11.9 Å². The van der Waals surface area contributed by atoms with Crippen molar-refractivity contribution in [1.29, 1.82) is 0 Å². The topological polar surface area (TPSA) is 80.8 Å². The van der Waals surface area contributed by atoms with E-state index in [2.05, 4.69) is 10.3 Å². The molecular formula is C31H30FN3O4. The van der Waals surface area contributed by atoms with Crippen LogP contribution in [0.1, 0.15) is 28.4 Å². The number of nitrogens with zero attached hydrogens (tertiary/aromatic N) is 2. The minimum atomic E-state index is -0.937. The molecule has 8 heteroatoms. The fourth-order valence-corrected chi connectivity index (χ4v) is 4.26. The average molecular weight is 528 g/mol. The summed E-state index contributed by atoms with van der Waals surface area (Å²) in [4.78, 5) is 33.4. The second-order valence-corrected chi connectivity index (χ2v) is 8.87. The van der Waals surface area contributed by atoms with Crippen LogP contribution in [0.2, 0.25) is 0 Å². The summed E-state index contributed by atoms with van der Waals surface area (Å²) >= 11 is 0. The molecule has 4 rings (SSSR count). The van der Waals surface area contributed by atoms with E-state index in [1.165, 1.54) is 24.1 Å². The van der Waals surface area contributed by atoms with E-state index < -0.39 is 6.04 Å². The standard InChI is InChI=1S/C31H30FN3O4/c1-38-27-16-13-23(18-28(27)39-2)19-29(36)35(21-22-11-14-25(32)15-12-22)30(24-8-4-3-5-9-24)31(37)34-20-26-10-6-7-17-33-26/h3-18,30H,19-21H2,1-2H3,(H,34,37)/t30-/m1/s1. The first-order valence-corrected chi connectivity index (χ1v) is 12.5. The fraction of sp³-hybridized carbons (Fsp3) is 0.194. The minimum absolute atomic E-state index is 0.0123. The highest BCUT2D eigenvalue weighted by Gasteiger charge is 2.31. The van der Waals surface area contributed by atoms with Gasteiger partial charge in [-0.05, 0) is 53.1 Å². The van der Waals surface area contributed by atoms with Crippen LogP contribution in [0, 0.1) is 5.82 Å². The van der Waals surface area contributed by atoms with Crippen LogP contribution >= 0.6 is 0 Å². The van der Waals surface area contributed by atoms with Gasteiger partial charge in [0.05, 0.1) is 32.9 Å². The molecule has 0 fully saturated rings. The van der Waals surface area contributed by atoms with Gasteiger partial charge in [-0.3, -0.25) is 14.6 Å². The Hall–Kier alpha value is -4.72. The summed E-state index contributed by atoms with van der Waals surface area (Å²) in [5.41, 5.74) is 2.73. The van der Waals surface area contributed by atoms with Gasteiger partial charge in [-0.1, -0.05) is 54.6 Å². The van der Waals surface area contributed by atoms with Crippen LogP contribution in [0.5, 0.6) is 11.5 Å². The average Bonchev–Trinajstić information content (AvgIpc) is 2.97. The molecule has 0 saturated carbocycles. The second kappa shape index (κ2) is 13.2. The van der Waals surface area contributed by atoms with E-state index in [4.69, 9.17) is 9.47 Å². The molecule has 0 bridgehead atoms. The second-order valence-electron chi connectivity index (χ2n) is 8.87. The van der Waals surface area contributed by atoms with Gasteiger partial charge in [0, 0.05) is 12.7 Å². The van der Waals surface area contributed by atoms with Crippen LogP contribution in [0.25, 0.3) is 0 Å².